The Balaban J connectivity index is 1.81. The monoisotopic (exact) mass is 428 g/mol. The van der Waals surface area contributed by atoms with Gasteiger partial charge in [0.05, 0.1) is 4.90 Å². The molecule has 1 amide bonds. The first-order valence-corrected chi connectivity index (χ1v) is 11.3. The average Bonchev–Trinajstić information content (AvgIpc) is 2.63. The number of amides is 1. The lowest BCUT2D eigenvalue weighted by atomic mass is 9.95. The van der Waals surface area contributed by atoms with E-state index in [2.05, 4.69) is 21.2 Å². The molecule has 0 spiro atoms. The van der Waals surface area contributed by atoms with Gasteiger partial charge in [0.2, 0.25) is 10.0 Å². The molecule has 138 valence electrons. The van der Waals surface area contributed by atoms with E-state index in [1.807, 2.05) is 0 Å². The molecule has 1 aromatic rings. The van der Waals surface area contributed by atoms with Crippen molar-refractivity contribution in [3.8, 4) is 0 Å². The minimum Gasteiger partial charge on any atom is -0.349 e. The molecule has 1 heterocycles. The standard InChI is InChI=1S/C18H25BrN2O3S/c19-16-10-9-14(18(22)20-15-7-3-1-4-8-15)13-17(16)25(23,24)21-11-5-2-6-12-21/h9-10,13,15H,1-8,11-12H2,(H,20,22). The molecule has 3 rings (SSSR count). The lowest BCUT2D eigenvalue weighted by molar-refractivity contribution is 0.0927. The van der Waals surface area contributed by atoms with Gasteiger partial charge < -0.3 is 5.32 Å². The van der Waals surface area contributed by atoms with Crippen LogP contribution in [0.4, 0.5) is 0 Å². The molecule has 2 fully saturated rings. The summed E-state index contributed by atoms with van der Waals surface area (Å²) in [6, 6.07) is 5.04. The number of rotatable bonds is 4. The van der Waals surface area contributed by atoms with Crippen molar-refractivity contribution in [2.75, 3.05) is 13.1 Å². The summed E-state index contributed by atoms with van der Waals surface area (Å²) in [5, 5.41) is 3.05. The van der Waals surface area contributed by atoms with Crippen molar-refractivity contribution in [3.05, 3.63) is 28.2 Å². The number of halogens is 1. The van der Waals surface area contributed by atoms with Crippen LogP contribution in [0.15, 0.2) is 27.6 Å². The number of nitrogens with zero attached hydrogens (tertiary/aromatic N) is 1. The van der Waals surface area contributed by atoms with Crippen LogP contribution in [0.3, 0.4) is 0 Å². The predicted octanol–water partition coefficient (Wildman–Crippen LogP) is 3.69. The third-order valence-corrected chi connectivity index (χ3v) is 7.96. The van der Waals surface area contributed by atoms with E-state index in [9.17, 15) is 13.2 Å². The molecular formula is C18H25BrN2O3S. The highest BCUT2D eigenvalue weighted by atomic mass is 79.9. The van der Waals surface area contributed by atoms with E-state index in [1.54, 1.807) is 12.1 Å². The normalized spacial score (nSPS) is 20.4. The first-order valence-electron chi connectivity index (χ1n) is 9.09. The van der Waals surface area contributed by atoms with Gasteiger partial charge in [0.1, 0.15) is 0 Å². The molecule has 2 aliphatic rings. The minimum atomic E-state index is -3.58. The fourth-order valence-corrected chi connectivity index (χ4v) is 6.07. The molecule has 1 saturated heterocycles. The Hall–Kier alpha value is -0.920. The smallest absolute Gasteiger partial charge is 0.251 e. The summed E-state index contributed by atoms with van der Waals surface area (Å²) >= 11 is 3.34. The van der Waals surface area contributed by atoms with Gasteiger partial charge in [0, 0.05) is 29.2 Å². The summed E-state index contributed by atoms with van der Waals surface area (Å²) < 4.78 is 27.9. The summed E-state index contributed by atoms with van der Waals surface area (Å²) in [7, 11) is -3.58. The quantitative estimate of drug-likeness (QED) is 0.794. The molecule has 1 saturated carbocycles. The maximum Gasteiger partial charge on any atom is 0.251 e. The van der Waals surface area contributed by atoms with Gasteiger partial charge in [-0.15, -0.1) is 0 Å². The third-order valence-electron chi connectivity index (χ3n) is 5.07. The highest BCUT2D eigenvalue weighted by Gasteiger charge is 2.29. The summed E-state index contributed by atoms with van der Waals surface area (Å²) in [6.45, 7) is 1.10. The second kappa shape index (κ2) is 8.18. The minimum absolute atomic E-state index is 0.186. The molecule has 0 unspecified atom stereocenters. The molecule has 0 atom stereocenters. The Bertz CT molecular complexity index is 724. The van der Waals surface area contributed by atoms with E-state index in [1.165, 1.54) is 16.8 Å². The average molecular weight is 429 g/mol. The number of carbonyl (C=O) groups is 1. The van der Waals surface area contributed by atoms with Crippen molar-refractivity contribution in [3.63, 3.8) is 0 Å². The van der Waals surface area contributed by atoms with Gasteiger partial charge >= 0.3 is 0 Å². The van der Waals surface area contributed by atoms with Gasteiger partial charge in [-0.3, -0.25) is 4.79 Å². The van der Waals surface area contributed by atoms with Crippen molar-refractivity contribution in [1.29, 1.82) is 0 Å². The fraction of sp³-hybridized carbons (Fsp3) is 0.611. The topological polar surface area (TPSA) is 66.5 Å². The molecule has 1 aliphatic carbocycles. The zero-order valence-corrected chi connectivity index (χ0v) is 16.7. The number of benzene rings is 1. The Morgan fingerprint density at radius 2 is 1.68 bits per heavy atom. The van der Waals surface area contributed by atoms with Crippen molar-refractivity contribution >= 4 is 31.9 Å². The van der Waals surface area contributed by atoms with E-state index in [-0.39, 0.29) is 16.8 Å². The van der Waals surface area contributed by atoms with Gasteiger partial charge in [-0.25, -0.2) is 8.42 Å². The summed E-state index contributed by atoms with van der Waals surface area (Å²) in [5.41, 5.74) is 0.407. The largest absolute Gasteiger partial charge is 0.349 e. The van der Waals surface area contributed by atoms with Crippen molar-refractivity contribution in [2.24, 2.45) is 0 Å². The highest BCUT2D eigenvalue weighted by molar-refractivity contribution is 9.10. The first-order chi connectivity index (χ1) is 12.0. The number of hydrogen-bond acceptors (Lipinski definition) is 3. The molecule has 25 heavy (non-hydrogen) atoms. The predicted molar refractivity (Wildman–Crippen MR) is 101 cm³/mol. The van der Waals surface area contributed by atoms with Gasteiger partial charge in [-0.05, 0) is 59.8 Å². The van der Waals surface area contributed by atoms with E-state index in [4.69, 9.17) is 0 Å². The highest BCUT2D eigenvalue weighted by Crippen LogP contribution is 2.28. The summed E-state index contributed by atoms with van der Waals surface area (Å²) in [5.74, 6) is -0.186. The maximum atomic E-state index is 12.9. The summed E-state index contributed by atoms with van der Waals surface area (Å²) in [6.07, 6.45) is 8.35. The number of piperidine rings is 1. The Morgan fingerprint density at radius 3 is 2.36 bits per heavy atom. The molecule has 0 radical (unpaired) electrons. The molecule has 1 aromatic carbocycles. The number of sulfonamides is 1. The lowest BCUT2D eigenvalue weighted by Crippen LogP contribution is -2.37. The molecule has 0 aromatic heterocycles. The van der Waals surface area contributed by atoms with Crippen molar-refractivity contribution < 1.29 is 13.2 Å². The first kappa shape index (κ1) is 18.9. The molecule has 0 bridgehead atoms. The van der Waals surface area contributed by atoms with Crippen molar-refractivity contribution in [2.45, 2.75) is 62.3 Å². The van der Waals surface area contributed by atoms with Crippen molar-refractivity contribution in [1.82, 2.24) is 9.62 Å². The Morgan fingerprint density at radius 1 is 1.04 bits per heavy atom. The second-order valence-corrected chi connectivity index (χ2v) is 9.68. The Kier molecular flexibility index (Phi) is 6.17. The lowest BCUT2D eigenvalue weighted by Gasteiger charge is -2.26. The van der Waals surface area contributed by atoms with E-state index in [0.717, 1.165) is 44.9 Å². The van der Waals surface area contributed by atoms with Crippen LogP contribution >= 0.6 is 15.9 Å². The van der Waals surface area contributed by atoms with Crippen LogP contribution < -0.4 is 5.32 Å². The van der Waals surface area contributed by atoms with Crippen LogP contribution in [-0.4, -0.2) is 37.8 Å². The zero-order chi connectivity index (χ0) is 17.9. The molecule has 7 heteroatoms. The second-order valence-electron chi connectivity index (χ2n) is 6.92. The molecule has 1 aliphatic heterocycles. The number of nitrogens with one attached hydrogen (secondary N) is 1. The van der Waals surface area contributed by atoms with Crippen LogP contribution in [0.25, 0.3) is 0 Å². The van der Waals surface area contributed by atoms with Crippen LogP contribution in [0.1, 0.15) is 61.7 Å². The van der Waals surface area contributed by atoms with Crippen LogP contribution in [0, 0.1) is 0 Å². The van der Waals surface area contributed by atoms with Gasteiger partial charge in [0.15, 0.2) is 0 Å². The number of hydrogen-bond donors (Lipinski definition) is 1. The van der Waals surface area contributed by atoms with Crippen LogP contribution in [0.5, 0.6) is 0 Å². The van der Waals surface area contributed by atoms with E-state index in [0.29, 0.717) is 23.1 Å². The van der Waals surface area contributed by atoms with E-state index >= 15 is 0 Å². The van der Waals surface area contributed by atoms with Crippen LogP contribution in [-0.2, 0) is 10.0 Å². The van der Waals surface area contributed by atoms with Crippen LogP contribution in [0.2, 0.25) is 0 Å². The number of carbonyl (C=O) groups excluding carboxylic acids is 1. The van der Waals surface area contributed by atoms with E-state index < -0.39 is 10.0 Å². The molecule has 1 N–H and O–H groups in total. The molecular weight excluding hydrogens is 404 g/mol. The Labute approximate surface area is 158 Å². The third kappa shape index (κ3) is 4.44. The fourth-order valence-electron chi connectivity index (χ4n) is 3.60. The maximum absolute atomic E-state index is 12.9. The van der Waals surface area contributed by atoms with Gasteiger partial charge in [0.25, 0.3) is 5.91 Å². The van der Waals surface area contributed by atoms with Gasteiger partial charge in [-0.1, -0.05) is 25.7 Å². The zero-order valence-electron chi connectivity index (χ0n) is 14.3. The SMILES string of the molecule is O=C(NC1CCCCC1)c1ccc(Br)c(S(=O)(=O)N2CCCCC2)c1. The molecule has 5 nitrogen and oxygen atoms in total. The summed E-state index contributed by atoms with van der Waals surface area (Å²) in [4.78, 5) is 12.7. The van der Waals surface area contributed by atoms with Gasteiger partial charge in [-0.2, -0.15) is 4.31 Å².